The van der Waals surface area contributed by atoms with Crippen LogP contribution < -0.4 is 16.0 Å². The van der Waals surface area contributed by atoms with Crippen LogP contribution in [-0.2, 0) is 16.1 Å². The van der Waals surface area contributed by atoms with Gasteiger partial charge in [0.1, 0.15) is 17.1 Å². The molecule has 0 aliphatic carbocycles. The average Bonchev–Trinajstić information content (AvgIpc) is 2.76. The highest BCUT2D eigenvalue weighted by molar-refractivity contribution is 5.92. The summed E-state index contributed by atoms with van der Waals surface area (Å²) in [5.41, 5.74) is 7.40. The van der Waals surface area contributed by atoms with Gasteiger partial charge in [-0.15, -0.1) is 0 Å². The molecule has 0 spiro atoms. The normalized spacial score (nSPS) is 15.3. The first-order chi connectivity index (χ1) is 14.9. The van der Waals surface area contributed by atoms with Gasteiger partial charge >= 0.3 is 5.97 Å². The van der Waals surface area contributed by atoms with E-state index in [1.807, 2.05) is 30.3 Å². The lowest BCUT2D eigenvalue weighted by molar-refractivity contribution is -0.136. The number of aromatic nitrogens is 1. The molecular formula is C24H21FN2O4. The van der Waals surface area contributed by atoms with E-state index in [1.165, 1.54) is 25.3 Å². The number of benzene rings is 2. The standard InChI is InChI=1S/C24H21FN2O4/c1-14-12-18-20(23(28)27(14)13-15-8-4-3-5-9-15)19(16-10-6-7-11-17(16)25)21(22(26)31-18)24(29)30-2/h3-12,19H,13,26H2,1-2H3/t19-/m1/s1. The summed E-state index contributed by atoms with van der Waals surface area (Å²) in [6, 6.07) is 17.1. The van der Waals surface area contributed by atoms with Crippen molar-refractivity contribution >= 4 is 5.97 Å². The lowest BCUT2D eigenvalue weighted by Crippen LogP contribution is -2.35. The number of esters is 1. The van der Waals surface area contributed by atoms with Gasteiger partial charge in [-0.3, -0.25) is 4.79 Å². The van der Waals surface area contributed by atoms with Crippen LogP contribution in [0.4, 0.5) is 4.39 Å². The SMILES string of the molecule is COC(=O)C1=C(N)Oc2cc(C)n(Cc3ccccc3)c(=O)c2[C@H]1c1ccccc1F. The molecule has 0 fully saturated rings. The van der Waals surface area contributed by atoms with Crippen molar-refractivity contribution in [2.24, 2.45) is 5.73 Å². The molecule has 6 nitrogen and oxygen atoms in total. The number of methoxy groups -OCH3 is 1. The van der Waals surface area contributed by atoms with Gasteiger partial charge in [-0.1, -0.05) is 48.5 Å². The van der Waals surface area contributed by atoms with Crippen molar-refractivity contribution in [1.29, 1.82) is 0 Å². The molecule has 2 aromatic carbocycles. The Balaban J connectivity index is 1.97. The Kier molecular flexibility index (Phi) is 5.33. The Morgan fingerprint density at radius 3 is 2.52 bits per heavy atom. The molecule has 7 heteroatoms. The number of halogens is 1. The van der Waals surface area contributed by atoms with Gasteiger partial charge in [-0.2, -0.15) is 0 Å². The molecule has 0 radical (unpaired) electrons. The average molecular weight is 420 g/mol. The lowest BCUT2D eigenvalue weighted by Gasteiger charge is -2.29. The zero-order chi connectivity index (χ0) is 22.1. The van der Waals surface area contributed by atoms with Gasteiger partial charge in [0.15, 0.2) is 0 Å². The minimum atomic E-state index is -1.06. The quantitative estimate of drug-likeness (QED) is 0.656. The molecule has 2 heterocycles. The van der Waals surface area contributed by atoms with E-state index in [2.05, 4.69) is 0 Å². The van der Waals surface area contributed by atoms with Crippen molar-refractivity contribution in [3.63, 3.8) is 0 Å². The van der Waals surface area contributed by atoms with Gasteiger partial charge in [-0.25, -0.2) is 9.18 Å². The molecular weight excluding hydrogens is 399 g/mol. The molecule has 31 heavy (non-hydrogen) atoms. The summed E-state index contributed by atoms with van der Waals surface area (Å²) in [6.07, 6.45) is 0. The van der Waals surface area contributed by atoms with E-state index in [0.717, 1.165) is 5.56 Å². The second kappa shape index (κ2) is 8.10. The molecule has 4 rings (SSSR count). The minimum Gasteiger partial charge on any atom is -0.465 e. The maximum absolute atomic E-state index is 14.8. The fraction of sp³-hybridized carbons (Fsp3) is 0.167. The number of rotatable bonds is 4. The number of hydrogen-bond donors (Lipinski definition) is 1. The van der Waals surface area contributed by atoms with Crippen molar-refractivity contribution in [1.82, 2.24) is 4.57 Å². The van der Waals surface area contributed by atoms with E-state index in [9.17, 15) is 14.0 Å². The van der Waals surface area contributed by atoms with Crippen LogP contribution in [0.1, 0.15) is 28.3 Å². The minimum absolute atomic E-state index is 0.104. The fourth-order valence-corrected chi connectivity index (χ4v) is 3.88. The van der Waals surface area contributed by atoms with Crippen LogP contribution in [0.2, 0.25) is 0 Å². The highest BCUT2D eigenvalue weighted by atomic mass is 19.1. The summed E-state index contributed by atoms with van der Waals surface area (Å²) in [6.45, 7) is 2.09. The zero-order valence-electron chi connectivity index (χ0n) is 17.1. The van der Waals surface area contributed by atoms with Gasteiger partial charge in [-0.05, 0) is 18.6 Å². The van der Waals surface area contributed by atoms with E-state index < -0.39 is 17.7 Å². The van der Waals surface area contributed by atoms with E-state index in [-0.39, 0.29) is 33.9 Å². The first kappa shape index (κ1) is 20.4. The number of fused-ring (bicyclic) bond motifs is 1. The Morgan fingerprint density at radius 2 is 1.84 bits per heavy atom. The molecule has 1 aliphatic heterocycles. The summed E-state index contributed by atoms with van der Waals surface area (Å²) in [5, 5.41) is 0. The summed E-state index contributed by atoms with van der Waals surface area (Å²) in [5.74, 6) is -2.43. The largest absolute Gasteiger partial charge is 0.465 e. The highest BCUT2D eigenvalue weighted by Crippen LogP contribution is 2.42. The Hall–Kier alpha value is -3.87. The van der Waals surface area contributed by atoms with E-state index in [4.69, 9.17) is 15.2 Å². The number of ether oxygens (including phenoxy) is 2. The smallest absolute Gasteiger partial charge is 0.340 e. The lowest BCUT2D eigenvalue weighted by atomic mass is 9.83. The van der Waals surface area contributed by atoms with E-state index in [0.29, 0.717) is 12.2 Å². The molecule has 0 saturated carbocycles. The molecule has 2 N–H and O–H groups in total. The van der Waals surface area contributed by atoms with Crippen molar-refractivity contribution in [3.05, 3.63) is 111 Å². The highest BCUT2D eigenvalue weighted by Gasteiger charge is 2.39. The van der Waals surface area contributed by atoms with Crippen molar-refractivity contribution in [3.8, 4) is 5.75 Å². The van der Waals surface area contributed by atoms with Crippen molar-refractivity contribution in [2.75, 3.05) is 7.11 Å². The van der Waals surface area contributed by atoms with Crippen molar-refractivity contribution in [2.45, 2.75) is 19.4 Å². The monoisotopic (exact) mass is 420 g/mol. The molecule has 158 valence electrons. The zero-order valence-corrected chi connectivity index (χ0v) is 17.1. The summed E-state index contributed by atoms with van der Waals surface area (Å²) >= 11 is 0. The topological polar surface area (TPSA) is 83.5 Å². The Morgan fingerprint density at radius 1 is 1.16 bits per heavy atom. The predicted octanol–water partition coefficient (Wildman–Crippen LogP) is 3.21. The molecule has 0 saturated heterocycles. The first-order valence-electron chi connectivity index (χ1n) is 9.70. The second-order valence-electron chi connectivity index (χ2n) is 7.27. The summed E-state index contributed by atoms with van der Waals surface area (Å²) in [7, 11) is 1.19. The molecule has 1 aliphatic rings. The van der Waals surface area contributed by atoms with E-state index in [1.54, 1.807) is 23.6 Å². The predicted molar refractivity (Wildman–Crippen MR) is 113 cm³/mol. The first-order valence-corrected chi connectivity index (χ1v) is 9.70. The number of aryl methyl sites for hydroxylation is 1. The third-order valence-electron chi connectivity index (χ3n) is 5.37. The van der Waals surface area contributed by atoms with Gasteiger partial charge in [0, 0.05) is 17.3 Å². The fourth-order valence-electron chi connectivity index (χ4n) is 3.88. The molecule has 1 aromatic heterocycles. The molecule has 1 atom stereocenters. The van der Waals surface area contributed by atoms with Crippen LogP contribution in [0.25, 0.3) is 0 Å². The van der Waals surface area contributed by atoms with Crippen LogP contribution in [0.3, 0.4) is 0 Å². The van der Waals surface area contributed by atoms with Crippen molar-refractivity contribution < 1.29 is 18.7 Å². The molecule has 0 unspecified atom stereocenters. The Labute approximate surface area is 178 Å². The number of carbonyl (C=O) groups is 1. The third-order valence-corrected chi connectivity index (χ3v) is 5.37. The van der Waals surface area contributed by atoms with Crippen LogP contribution in [0.5, 0.6) is 5.75 Å². The molecule has 0 bridgehead atoms. The van der Waals surface area contributed by atoms with Gasteiger partial charge in [0.2, 0.25) is 5.88 Å². The number of carbonyl (C=O) groups excluding carboxylic acids is 1. The maximum Gasteiger partial charge on any atom is 0.340 e. The van der Waals surface area contributed by atoms with Crippen LogP contribution in [0, 0.1) is 12.7 Å². The number of nitrogens with zero attached hydrogens (tertiary/aromatic N) is 1. The van der Waals surface area contributed by atoms with Gasteiger partial charge in [0.05, 0.1) is 25.1 Å². The summed E-state index contributed by atoms with van der Waals surface area (Å²) < 4.78 is 26.9. The second-order valence-corrected chi connectivity index (χ2v) is 7.27. The maximum atomic E-state index is 14.8. The summed E-state index contributed by atoms with van der Waals surface area (Å²) in [4.78, 5) is 26.2. The third kappa shape index (κ3) is 3.59. The Bertz CT molecular complexity index is 1250. The van der Waals surface area contributed by atoms with Crippen LogP contribution >= 0.6 is 0 Å². The van der Waals surface area contributed by atoms with E-state index >= 15 is 0 Å². The molecule has 3 aromatic rings. The van der Waals surface area contributed by atoms with Gasteiger partial charge < -0.3 is 19.8 Å². The van der Waals surface area contributed by atoms with Gasteiger partial charge in [0.25, 0.3) is 5.56 Å². The number of hydrogen-bond acceptors (Lipinski definition) is 5. The van der Waals surface area contributed by atoms with Crippen LogP contribution in [-0.4, -0.2) is 17.6 Å². The van der Waals surface area contributed by atoms with Crippen LogP contribution in [0.15, 0.2) is 76.9 Å². The molecule has 0 amide bonds. The number of pyridine rings is 1. The number of nitrogens with two attached hydrogens (primary N) is 1.